The van der Waals surface area contributed by atoms with E-state index in [4.69, 9.17) is 32.4 Å². The molecule has 0 bridgehead atoms. The molecule has 0 saturated heterocycles. The average Bonchev–Trinajstić information content (AvgIpc) is 2.96. The van der Waals surface area contributed by atoms with Gasteiger partial charge in [-0.25, -0.2) is 4.79 Å². The Hall–Kier alpha value is -2.76. The predicted molar refractivity (Wildman–Crippen MR) is 111 cm³/mol. The van der Waals surface area contributed by atoms with Crippen LogP contribution in [0.1, 0.15) is 28.6 Å². The Morgan fingerprint density at radius 3 is 2.50 bits per heavy atom. The molecule has 0 spiro atoms. The summed E-state index contributed by atoms with van der Waals surface area (Å²) in [6, 6.07) is 10.2. The van der Waals surface area contributed by atoms with Gasteiger partial charge in [-0.2, -0.15) is 0 Å². The van der Waals surface area contributed by atoms with E-state index in [2.05, 4.69) is 5.32 Å². The molecule has 2 aromatic carbocycles. The highest BCUT2D eigenvalue weighted by molar-refractivity contribution is 6.40. The van der Waals surface area contributed by atoms with E-state index in [0.29, 0.717) is 23.6 Å². The van der Waals surface area contributed by atoms with Crippen LogP contribution >= 0.6 is 23.2 Å². The lowest BCUT2D eigenvalue weighted by Gasteiger charge is -2.08. The number of esters is 1. The number of fused-ring (bicyclic) bond motifs is 1. The van der Waals surface area contributed by atoms with Crippen molar-refractivity contribution < 1.29 is 18.7 Å². The second kappa shape index (κ2) is 8.50. The minimum absolute atomic E-state index is 0.188. The number of rotatable bonds is 5. The van der Waals surface area contributed by atoms with E-state index in [1.165, 1.54) is 6.08 Å². The summed E-state index contributed by atoms with van der Waals surface area (Å²) in [6.07, 6.45) is 2.98. The van der Waals surface area contributed by atoms with E-state index in [1.807, 2.05) is 6.07 Å². The fourth-order valence-electron chi connectivity index (χ4n) is 2.80. The normalized spacial score (nSPS) is 11.1. The highest BCUT2D eigenvalue weighted by Crippen LogP contribution is 2.33. The molecule has 3 aromatic rings. The first-order valence-corrected chi connectivity index (χ1v) is 9.30. The number of nitrogens with one attached hydrogen (secondary N) is 1. The maximum absolute atomic E-state index is 12.7. The van der Waals surface area contributed by atoms with Crippen LogP contribution in [0.15, 0.2) is 46.9 Å². The number of halogens is 2. The largest absolute Gasteiger partial charge is 0.463 e. The zero-order valence-electron chi connectivity index (χ0n) is 15.2. The molecule has 0 fully saturated rings. The summed E-state index contributed by atoms with van der Waals surface area (Å²) in [5.74, 6) is -0.275. The molecule has 0 aliphatic heterocycles. The standard InChI is InChI=1S/C21H17Cl2NO4/c1-3-27-18(25)11-10-13-12(2)28-20-14(13)6-4-9-17(20)24-21(26)19-15(22)7-5-8-16(19)23/h4-11H,3H2,1-2H3,(H,24,26)/b11-10+. The third-order valence-corrected chi connectivity index (χ3v) is 4.68. The van der Waals surface area contributed by atoms with Crippen molar-refractivity contribution in [3.05, 3.63) is 69.4 Å². The van der Waals surface area contributed by atoms with Crippen LogP contribution in [0.2, 0.25) is 10.0 Å². The van der Waals surface area contributed by atoms with Crippen molar-refractivity contribution in [3.8, 4) is 0 Å². The zero-order valence-corrected chi connectivity index (χ0v) is 16.7. The monoisotopic (exact) mass is 417 g/mol. The number of hydrogen-bond donors (Lipinski definition) is 1. The molecule has 0 unspecified atom stereocenters. The van der Waals surface area contributed by atoms with Gasteiger partial charge in [0.05, 0.1) is 27.9 Å². The summed E-state index contributed by atoms with van der Waals surface area (Å²) in [6.45, 7) is 3.82. The van der Waals surface area contributed by atoms with E-state index in [1.54, 1.807) is 50.3 Å². The highest BCUT2D eigenvalue weighted by atomic mass is 35.5. The van der Waals surface area contributed by atoms with Gasteiger partial charge in [0.25, 0.3) is 5.91 Å². The number of benzene rings is 2. The lowest BCUT2D eigenvalue weighted by molar-refractivity contribution is -0.137. The van der Waals surface area contributed by atoms with Crippen molar-refractivity contribution in [2.75, 3.05) is 11.9 Å². The van der Waals surface area contributed by atoms with E-state index in [-0.39, 0.29) is 15.6 Å². The number of amides is 1. The Balaban J connectivity index is 1.97. The lowest BCUT2D eigenvalue weighted by atomic mass is 10.1. The minimum atomic E-state index is -0.444. The van der Waals surface area contributed by atoms with Gasteiger partial charge in [-0.05, 0) is 38.1 Å². The molecule has 1 heterocycles. The molecule has 5 nitrogen and oxygen atoms in total. The van der Waals surface area contributed by atoms with Gasteiger partial charge < -0.3 is 14.5 Å². The Bertz CT molecular complexity index is 1070. The number of aryl methyl sites for hydroxylation is 1. The Morgan fingerprint density at radius 1 is 1.14 bits per heavy atom. The molecule has 1 amide bonds. The first kappa shape index (κ1) is 20.0. The van der Waals surface area contributed by atoms with Crippen LogP contribution < -0.4 is 5.32 Å². The summed E-state index contributed by atoms with van der Waals surface area (Å²) >= 11 is 12.2. The fourth-order valence-corrected chi connectivity index (χ4v) is 3.37. The van der Waals surface area contributed by atoms with E-state index in [9.17, 15) is 9.59 Å². The molecule has 0 aliphatic rings. The van der Waals surface area contributed by atoms with Crippen molar-refractivity contribution in [1.29, 1.82) is 0 Å². The molecular weight excluding hydrogens is 401 g/mol. The summed E-state index contributed by atoms with van der Waals surface area (Å²) in [5, 5.41) is 4.05. The van der Waals surface area contributed by atoms with Gasteiger partial charge in [0.1, 0.15) is 5.76 Å². The van der Waals surface area contributed by atoms with E-state index < -0.39 is 11.9 Å². The van der Waals surface area contributed by atoms with Crippen LogP contribution in [0.5, 0.6) is 0 Å². The second-order valence-electron chi connectivity index (χ2n) is 5.89. The van der Waals surface area contributed by atoms with Crippen molar-refractivity contribution in [3.63, 3.8) is 0 Å². The summed E-state index contributed by atoms with van der Waals surface area (Å²) in [4.78, 5) is 24.3. The summed E-state index contributed by atoms with van der Waals surface area (Å²) in [7, 11) is 0. The molecule has 3 rings (SSSR count). The number of carbonyl (C=O) groups is 2. The molecule has 144 valence electrons. The van der Waals surface area contributed by atoms with Crippen LogP contribution in [0.25, 0.3) is 17.0 Å². The van der Waals surface area contributed by atoms with Crippen LogP contribution in [0.3, 0.4) is 0 Å². The number of para-hydroxylation sites is 1. The first-order chi connectivity index (χ1) is 13.4. The molecule has 1 N–H and O–H groups in total. The summed E-state index contributed by atoms with van der Waals surface area (Å²) in [5.41, 5.74) is 1.88. The zero-order chi connectivity index (χ0) is 20.3. The van der Waals surface area contributed by atoms with Crippen LogP contribution in [-0.4, -0.2) is 18.5 Å². The number of ether oxygens (including phenoxy) is 1. The number of anilines is 1. The molecular formula is C21H17Cl2NO4. The lowest BCUT2D eigenvalue weighted by Crippen LogP contribution is -2.13. The number of carbonyl (C=O) groups excluding carboxylic acids is 2. The van der Waals surface area contributed by atoms with Crippen molar-refractivity contribution in [2.45, 2.75) is 13.8 Å². The van der Waals surface area contributed by atoms with Crippen molar-refractivity contribution in [1.82, 2.24) is 0 Å². The molecule has 0 atom stereocenters. The second-order valence-corrected chi connectivity index (χ2v) is 6.70. The van der Waals surface area contributed by atoms with Gasteiger partial charge in [0, 0.05) is 17.0 Å². The van der Waals surface area contributed by atoms with Gasteiger partial charge in [-0.15, -0.1) is 0 Å². The molecule has 0 saturated carbocycles. The first-order valence-electron chi connectivity index (χ1n) is 8.54. The average molecular weight is 418 g/mol. The number of furan rings is 1. The maximum atomic E-state index is 12.7. The van der Waals surface area contributed by atoms with Gasteiger partial charge in [-0.3, -0.25) is 4.79 Å². The topological polar surface area (TPSA) is 68.5 Å². The van der Waals surface area contributed by atoms with Crippen LogP contribution in [0.4, 0.5) is 5.69 Å². The number of hydrogen-bond acceptors (Lipinski definition) is 4. The SMILES string of the molecule is CCOC(=O)/C=C/c1c(C)oc2c(NC(=O)c3c(Cl)cccc3Cl)cccc12. The Morgan fingerprint density at radius 2 is 1.82 bits per heavy atom. The Labute approximate surface area is 171 Å². The van der Waals surface area contributed by atoms with E-state index in [0.717, 1.165) is 10.9 Å². The molecule has 0 radical (unpaired) electrons. The highest BCUT2D eigenvalue weighted by Gasteiger charge is 2.18. The minimum Gasteiger partial charge on any atom is -0.463 e. The van der Waals surface area contributed by atoms with Gasteiger partial charge in [0.2, 0.25) is 0 Å². The fraction of sp³-hybridized carbons (Fsp3) is 0.143. The maximum Gasteiger partial charge on any atom is 0.330 e. The molecule has 1 aromatic heterocycles. The van der Waals surface area contributed by atoms with Crippen molar-refractivity contribution >= 4 is 57.8 Å². The smallest absolute Gasteiger partial charge is 0.330 e. The van der Waals surface area contributed by atoms with Gasteiger partial charge in [0.15, 0.2) is 5.58 Å². The molecule has 28 heavy (non-hydrogen) atoms. The molecule has 7 heteroatoms. The van der Waals surface area contributed by atoms with Gasteiger partial charge >= 0.3 is 5.97 Å². The third-order valence-electron chi connectivity index (χ3n) is 4.05. The van der Waals surface area contributed by atoms with Crippen LogP contribution in [-0.2, 0) is 9.53 Å². The third kappa shape index (κ3) is 4.06. The van der Waals surface area contributed by atoms with E-state index >= 15 is 0 Å². The predicted octanol–water partition coefficient (Wildman–Crippen LogP) is 5.88. The van der Waals surface area contributed by atoms with Crippen molar-refractivity contribution in [2.24, 2.45) is 0 Å². The van der Waals surface area contributed by atoms with Crippen LogP contribution in [0, 0.1) is 6.92 Å². The molecule has 0 aliphatic carbocycles. The Kier molecular flexibility index (Phi) is 6.07. The quantitative estimate of drug-likeness (QED) is 0.415. The van der Waals surface area contributed by atoms with Gasteiger partial charge in [-0.1, -0.05) is 41.4 Å². The summed E-state index contributed by atoms with van der Waals surface area (Å²) < 4.78 is 10.7.